The minimum Gasteiger partial charge on any atom is -0.348 e. The number of rotatable bonds is 1. The molecule has 3 heteroatoms. The van der Waals surface area contributed by atoms with E-state index < -0.39 is 0 Å². The Labute approximate surface area is 113 Å². The van der Waals surface area contributed by atoms with Crippen molar-refractivity contribution >= 4 is 22.6 Å². The average Bonchev–Trinajstić information content (AvgIpc) is 2.76. The monoisotopic (exact) mass is 338 g/mol. The lowest BCUT2D eigenvalue weighted by molar-refractivity contribution is -0.169. The maximum absolute atomic E-state index is 5.86. The van der Waals surface area contributed by atoms with Gasteiger partial charge < -0.3 is 9.47 Å². The molecule has 1 atom stereocenters. The summed E-state index contributed by atoms with van der Waals surface area (Å²) in [5, 5.41) is 0. The van der Waals surface area contributed by atoms with Gasteiger partial charge in [0.2, 0.25) is 0 Å². The number of alkyl halides is 1. The van der Waals surface area contributed by atoms with Crippen LogP contribution < -0.4 is 0 Å². The quantitative estimate of drug-likeness (QED) is 0.533. The van der Waals surface area contributed by atoms with Gasteiger partial charge in [0.1, 0.15) is 0 Å². The predicted molar refractivity (Wildman–Crippen MR) is 73.9 cm³/mol. The van der Waals surface area contributed by atoms with Crippen molar-refractivity contribution in [3.63, 3.8) is 0 Å². The van der Waals surface area contributed by atoms with Gasteiger partial charge >= 0.3 is 0 Å². The standard InChI is InChI=1S/C13H23IO2/c14-11-12-5-2-1-3-7-13(8-4-6-12)15-9-10-16-13/h12H,1-11H2/t12-/m1/s1. The van der Waals surface area contributed by atoms with Crippen LogP contribution in [0, 0.1) is 5.92 Å². The molecule has 2 rings (SSSR count). The summed E-state index contributed by atoms with van der Waals surface area (Å²) in [5.74, 6) is 0.741. The van der Waals surface area contributed by atoms with Crippen molar-refractivity contribution in [1.29, 1.82) is 0 Å². The van der Waals surface area contributed by atoms with Crippen LogP contribution in [-0.2, 0) is 9.47 Å². The third kappa shape index (κ3) is 3.57. The number of hydrogen-bond acceptors (Lipinski definition) is 2. The zero-order valence-corrected chi connectivity index (χ0v) is 12.2. The maximum atomic E-state index is 5.86. The Hall–Kier alpha value is 0.650. The van der Waals surface area contributed by atoms with Gasteiger partial charge in [0.25, 0.3) is 0 Å². The van der Waals surface area contributed by atoms with Gasteiger partial charge in [-0.2, -0.15) is 0 Å². The molecule has 2 nitrogen and oxygen atoms in total. The molecule has 1 spiro atoms. The highest BCUT2D eigenvalue weighted by molar-refractivity contribution is 14.1. The molecule has 0 bridgehead atoms. The van der Waals surface area contributed by atoms with E-state index in [4.69, 9.17) is 9.47 Å². The third-order valence-electron chi connectivity index (χ3n) is 3.87. The first-order chi connectivity index (χ1) is 7.85. The molecular weight excluding hydrogens is 315 g/mol. The molecule has 0 amide bonds. The third-order valence-corrected chi connectivity index (χ3v) is 5.12. The summed E-state index contributed by atoms with van der Waals surface area (Å²) in [6, 6.07) is 0. The van der Waals surface area contributed by atoms with Crippen molar-refractivity contribution in [2.24, 2.45) is 5.92 Å². The first kappa shape index (κ1) is 13.1. The fraction of sp³-hybridized carbons (Fsp3) is 1.00. The number of halogens is 1. The number of hydrogen-bond donors (Lipinski definition) is 0. The highest BCUT2D eigenvalue weighted by atomic mass is 127. The predicted octanol–water partition coefficient (Wildman–Crippen LogP) is 3.92. The van der Waals surface area contributed by atoms with E-state index in [0.29, 0.717) is 0 Å². The Bertz CT molecular complexity index is 202. The van der Waals surface area contributed by atoms with Crippen LogP contribution >= 0.6 is 22.6 Å². The van der Waals surface area contributed by atoms with Crippen LogP contribution in [0.25, 0.3) is 0 Å². The van der Waals surface area contributed by atoms with Crippen molar-refractivity contribution in [1.82, 2.24) is 0 Å². The van der Waals surface area contributed by atoms with E-state index in [1.807, 2.05) is 0 Å². The van der Waals surface area contributed by atoms with Crippen molar-refractivity contribution in [3.05, 3.63) is 0 Å². The second-order valence-corrected chi connectivity index (χ2v) is 6.00. The molecule has 16 heavy (non-hydrogen) atoms. The van der Waals surface area contributed by atoms with Crippen LogP contribution in [0.2, 0.25) is 0 Å². The minimum atomic E-state index is -0.187. The molecule has 2 aliphatic rings. The van der Waals surface area contributed by atoms with Gasteiger partial charge in [0, 0.05) is 17.3 Å². The molecule has 0 N–H and O–H groups in total. The molecule has 1 saturated carbocycles. The van der Waals surface area contributed by atoms with Gasteiger partial charge in [0.05, 0.1) is 13.2 Å². The molecule has 0 aromatic carbocycles. The van der Waals surface area contributed by atoms with E-state index in [2.05, 4.69) is 22.6 Å². The van der Waals surface area contributed by atoms with E-state index in [-0.39, 0.29) is 5.79 Å². The first-order valence-electron chi connectivity index (χ1n) is 6.68. The van der Waals surface area contributed by atoms with Gasteiger partial charge in [0.15, 0.2) is 5.79 Å². The lowest BCUT2D eigenvalue weighted by Gasteiger charge is -2.29. The highest BCUT2D eigenvalue weighted by Crippen LogP contribution is 2.34. The highest BCUT2D eigenvalue weighted by Gasteiger charge is 2.35. The summed E-state index contributed by atoms with van der Waals surface area (Å²) in [6.45, 7) is 1.60. The normalized spacial score (nSPS) is 31.7. The largest absolute Gasteiger partial charge is 0.348 e. The smallest absolute Gasteiger partial charge is 0.168 e. The molecule has 0 aromatic rings. The van der Waals surface area contributed by atoms with Crippen molar-refractivity contribution in [2.45, 2.75) is 57.2 Å². The Balaban J connectivity index is 1.87. The molecule has 2 fully saturated rings. The molecule has 1 aliphatic heterocycles. The summed E-state index contributed by atoms with van der Waals surface area (Å²) in [6.07, 6.45) is 10.3. The number of ether oxygens (including phenoxy) is 2. The van der Waals surface area contributed by atoms with E-state index in [1.54, 1.807) is 0 Å². The summed E-state index contributed by atoms with van der Waals surface area (Å²) in [7, 11) is 0. The maximum Gasteiger partial charge on any atom is 0.168 e. The van der Waals surface area contributed by atoms with Crippen LogP contribution in [0.5, 0.6) is 0 Å². The zero-order valence-electron chi connectivity index (χ0n) is 10.0. The van der Waals surface area contributed by atoms with E-state index in [0.717, 1.165) is 32.0 Å². The second-order valence-electron chi connectivity index (χ2n) is 5.12. The molecule has 0 unspecified atom stereocenters. The molecule has 1 heterocycles. The second kappa shape index (κ2) is 6.55. The Morgan fingerprint density at radius 2 is 1.62 bits per heavy atom. The molecule has 0 aromatic heterocycles. The fourth-order valence-electron chi connectivity index (χ4n) is 2.87. The Morgan fingerprint density at radius 1 is 0.938 bits per heavy atom. The van der Waals surface area contributed by atoms with Gasteiger partial charge in [-0.05, 0) is 31.6 Å². The SMILES string of the molecule is IC[C@@H]1CCCCCC2(CCC1)OCCO2. The van der Waals surface area contributed by atoms with Gasteiger partial charge in [-0.25, -0.2) is 0 Å². The lowest BCUT2D eigenvalue weighted by atomic mass is 9.91. The molecular formula is C13H23IO2. The summed E-state index contributed by atoms with van der Waals surface area (Å²) >= 11 is 2.54. The van der Waals surface area contributed by atoms with Crippen LogP contribution in [0.15, 0.2) is 0 Å². The molecule has 1 aliphatic carbocycles. The first-order valence-corrected chi connectivity index (χ1v) is 8.21. The van der Waals surface area contributed by atoms with Gasteiger partial charge in [-0.15, -0.1) is 0 Å². The summed E-state index contributed by atoms with van der Waals surface area (Å²) < 4.78 is 13.0. The average molecular weight is 338 g/mol. The van der Waals surface area contributed by atoms with E-state index in [9.17, 15) is 0 Å². The lowest BCUT2D eigenvalue weighted by Crippen LogP contribution is -2.30. The van der Waals surface area contributed by atoms with Crippen LogP contribution in [-0.4, -0.2) is 23.4 Å². The van der Waals surface area contributed by atoms with Crippen molar-refractivity contribution in [2.75, 3.05) is 17.6 Å². The topological polar surface area (TPSA) is 18.5 Å². The van der Waals surface area contributed by atoms with Crippen molar-refractivity contribution in [3.8, 4) is 0 Å². The Morgan fingerprint density at radius 3 is 2.38 bits per heavy atom. The van der Waals surface area contributed by atoms with Crippen LogP contribution in [0.1, 0.15) is 51.4 Å². The minimum absolute atomic E-state index is 0.187. The van der Waals surface area contributed by atoms with Gasteiger partial charge in [-0.1, -0.05) is 35.4 Å². The van der Waals surface area contributed by atoms with Gasteiger partial charge in [-0.3, -0.25) is 0 Å². The summed E-state index contributed by atoms with van der Waals surface area (Å²) in [5.41, 5.74) is 0. The van der Waals surface area contributed by atoms with E-state index >= 15 is 0 Å². The molecule has 1 saturated heterocycles. The Kier molecular flexibility index (Phi) is 5.36. The van der Waals surface area contributed by atoms with E-state index in [1.165, 1.54) is 43.0 Å². The molecule has 94 valence electrons. The molecule has 0 radical (unpaired) electrons. The zero-order chi connectivity index (χ0) is 11.3. The summed E-state index contributed by atoms with van der Waals surface area (Å²) in [4.78, 5) is 0. The fourth-order valence-corrected chi connectivity index (χ4v) is 3.75. The van der Waals surface area contributed by atoms with Crippen molar-refractivity contribution < 1.29 is 9.47 Å². The van der Waals surface area contributed by atoms with Crippen LogP contribution in [0.4, 0.5) is 0 Å². The van der Waals surface area contributed by atoms with Crippen LogP contribution in [0.3, 0.4) is 0 Å².